The van der Waals surface area contributed by atoms with Gasteiger partial charge in [-0.2, -0.15) is 0 Å². The minimum atomic E-state index is -0.376. The molecule has 0 radical (unpaired) electrons. The highest BCUT2D eigenvalue weighted by molar-refractivity contribution is 7.22. The van der Waals surface area contributed by atoms with E-state index in [-0.39, 0.29) is 11.6 Å². The van der Waals surface area contributed by atoms with E-state index in [0.29, 0.717) is 12.3 Å². The maximum atomic E-state index is 13.8. The van der Waals surface area contributed by atoms with Crippen molar-refractivity contribution in [2.75, 3.05) is 11.9 Å². The van der Waals surface area contributed by atoms with Crippen LogP contribution in [0, 0.1) is 12.7 Å². The van der Waals surface area contributed by atoms with E-state index in [4.69, 9.17) is 4.74 Å². The third-order valence-corrected chi connectivity index (χ3v) is 4.04. The van der Waals surface area contributed by atoms with Crippen LogP contribution in [-0.4, -0.2) is 11.6 Å². The number of rotatable bonds is 4. The largest absolute Gasteiger partial charge is 0.491 e. The van der Waals surface area contributed by atoms with Crippen molar-refractivity contribution in [1.82, 2.24) is 4.98 Å². The molecule has 1 heterocycles. The summed E-state index contributed by atoms with van der Waals surface area (Å²) >= 11 is 1.55. The zero-order valence-electron chi connectivity index (χ0n) is 11.8. The molecule has 1 aromatic heterocycles. The first-order chi connectivity index (χ1) is 10.2. The monoisotopic (exact) mass is 302 g/mol. The van der Waals surface area contributed by atoms with Crippen LogP contribution in [0.2, 0.25) is 0 Å². The number of nitrogens with zero attached hydrogens (tertiary/aromatic N) is 1. The van der Waals surface area contributed by atoms with Crippen LogP contribution in [0.15, 0.2) is 36.4 Å². The van der Waals surface area contributed by atoms with Crippen molar-refractivity contribution in [3.8, 4) is 5.75 Å². The smallest absolute Gasteiger partial charge is 0.188 e. The SMILES string of the molecule is CCOc1ccc(Nc2nc3c(C)cccc3s2)cc1F. The second-order valence-electron chi connectivity index (χ2n) is 4.64. The second-order valence-corrected chi connectivity index (χ2v) is 5.67. The Morgan fingerprint density at radius 3 is 2.86 bits per heavy atom. The Hall–Kier alpha value is -2.14. The number of aromatic nitrogens is 1. The zero-order chi connectivity index (χ0) is 14.8. The lowest BCUT2D eigenvalue weighted by atomic mass is 10.2. The quantitative estimate of drug-likeness (QED) is 0.745. The molecule has 0 fully saturated rings. The minimum absolute atomic E-state index is 0.267. The molecule has 108 valence electrons. The van der Waals surface area contributed by atoms with Crippen molar-refractivity contribution < 1.29 is 9.13 Å². The van der Waals surface area contributed by atoms with E-state index >= 15 is 0 Å². The molecule has 0 aliphatic carbocycles. The van der Waals surface area contributed by atoms with Crippen molar-refractivity contribution in [3.63, 3.8) is 0 Å². The van der Waals surface area contributed by atoms with Crippen LogP contribution in [0.3, 0.4) is 0 Å². The molecule has 3 rings (SSSR count). The molecule has 5 heteroatoms. The predicted octanol–water partition coefficient (Wildman–Crippen LogP) is 4.89. The molecule has 0 aliphatic rings. The summed E-state index contributed by atoms with van der Waals surface area (Å²) in [4.78, 5) is 4.55. The molecule has 3 aromatic rings. The highest BCUT2D eigenvalue weighted by atomic mass is 32.1. The van der Waals surface area contributed by atoms with Crippen molar-refractivity contribution in [1.29, 1.82) is 0 Å². The fraction of sp³-hybridized carbons (Fsp3) is 0.188. The van der Waals surface area contributed by atoms with Gasteiger partial charge in [0.25, 0.3) is 0 Å². The lowest BCUT2D eigenvalue weighted by molar-refractivity contribution is 0.321. The van der Waals surface area contributed by atoms with Gasteiger partial charge >= 0.3 is 0 Å². The molecule has 0 saturated carbocycles. The Morgan fingerprint density at radius 1 is 1.29 bits per heavy atom. The number of aryl methyl sites for hydroxylation is 1. The van der Waals surface area contributed by atoms with Crippen molar-refractivity contribution in [2.45, 2.75) is 13.8 Å². The van der Waals surface area contributed by atoms with Crippen LogP contribution in [0.1, 0.15) is 12.5 Å². The van der Waals surface area contributed by atoms with Gasteiger partial charge in [-0.3, -0.25) is 0 Å². The number of para-hydroxylation sites is 1. The lowest BCUT2D eigenvalue weighted by Crippen LogP contribution is -1.96. The Balaban J connectivity index is 1.88. The molecule has 3 nitrogen and oxygen atoms in total. The molecule has 0 saturated heterocycles. The topological polar surface area (TPSA) is 34.1 Å². The van der Waals surface area contributed by atoms with E-state index in [9.17, 15) is 4.39 Å². The van der Waals surface area contributed by atoms with E-state index in [1.165, 1.54) is 6.07 Å². The average Bonchev–Trinajstić information content (AvgIpc) is 2.86. The molecule has 0 aliphatic heterocycles. The van der Waals surface area contributed by atoms with Crippen molar-refractivity contribution in [3.05, 3.63) is 47.8 Å². The van der Waals surface area contributed by atoms with Crippen LogP contribution in [0.5, 0.6) is 5.75 Å². The summed E-state index contributed by atoms with van der Waals surface area (Å²) in [5, 5.41) is 3.90. The van der Waals surface area contributed by atoms with E-state index in [1.807, 2.05) is 32.0 Å². The fourth-order valence-electron chi connectivity index (χ4n) is 2.11. The van der Waals surface area contributed by atoms with Gasteiger partial charge in [0.05, 0.1) is 16.8 Å². The summed E-state index contributed by atoms with van der Waals surface area (Å²) in [6, 6.07) is 10.9. The number of thiazole rings is 1. The average molecular weight is 302 g/mol. The van der Waals surface area contributed by atoms with Crippen LogP contribution in [-0.2, 0) is 0 Å². The first-order valence-corrected chi connectivity index (χ1v) is 7.54. The van der Waals surface area contributed by atoms with Gasteiger partial charge < -0.3 is 10.1 Å². The van der Waals surface area contributed by atoms with Crippen LogP contribution in [0.25, 0.3) is 10.2 Å². The van der Waals surface area contributed by atoms with Gasteiger partial charge in [-0.15, -0.1) is 0 Å². The van der Waals surface area contributed by atoms with Crippen LogP contribution < -0.4 is 10.1 Å². The fourth-order valence-corrected chi connectivity index (χ4v) is 3.08. The molecule has 0 atom stereocenters. The van der Waals surface area contributed by atoms with Gasteiger partial charge in [0.2, 0.25) is 0 Å². The molecule has 1 N–H and O–H groups in total. The van der Waals surface area contributed by atoms with E-state index in [2.05, 4.69) is 10.3 Å². The van der Waals surface area contributed by atoms with Gasteiger partial charge in [-0.05, 0) is 37.6 Å². The maximum absolute atomic E-state index is 13.8. The zero-order valence-corrected chi connectivity index (χ0v) is 12.6. The lowest BCUT2D eigenvalue weighted by Gasteiger charge is -2.07. The number of fused-ring (bicyclic) bond motifs is 1. The molecule has 0 unspecified atom stereocenters. The van der Waals surface area contributed by atoms with Crippen molar-refractivity contribution >= 4 is 32.4 Å². The second kappa shape index (κ2) is 5.69. The van der Waals surface area contributed by atoms with Gasteiger partial charge in [0.15, 0.2) is 16.7 Å². The van der Waals surface area contributed by atoms with Gasteiger partial charge in [0, 0.05) is 11.8 Å². The number of hydrogen-bond acceptors (Lipinski definition) is 4. The number of nitrogens with one attached hydrogen (secondary N) is 1. The third kappa shape index (κ3) is 2.83. The summed E-state index contributed by atoms with van der Waals surface area (Å²) in [5.74, 6) is -0.109. The summed E-state index contributed by atoms with van der Waals surface area (Å²) in [5.41, 5.74) is 2.78. The standard InChI is InChI=1S/C16H15FN2OS/c1-3-20-13-8-7-11(9-12(13)17)18-16-19-15-10(2)5-4-6-14(15)21-16/h4-9H,3H2,1-2H3,(H,18,19). The molecular weight excluding hydrogens is 287 g/mol. The molecule has 0 bridgehead atoms. The summed E-state index contributed by atoms with van der Waals surface area (Å²) < 4.78 is 20.1. The van der Waals surface area contributed by atoms with Crippen LogP contribution in [0.4, 0.5) is 15.2 Å². The Kier molecular flexibility index (Phi) is 3.75. The van der Waals surface area contributed by atoms with Crippen molar-refractivity contribution in [2.24, 2.45) is 0 Å². The predicted molar refractivity (Wildman–Crippen MR) is 85.2 cm³/mol. The number of hydrogen-bond donors (Lipinski definition) is 1. The first kappa shape index (κ1) is 13.8. The Labute approximate surface area is 126 Å². The number of ether oxygens (including phenoxy) is 1. The van der Waals surface area contributed by atoms with Gasteiger partial charge in [0.1, 0.15) is 0 Å². The first-order valence-electron chi connectivity index (χ1n) is 6.73. The summed E-state index contributed by atoms with van der Waals surface area (Å²) in [6.07, 6.45) is 0. The van der Waals surface area contributed by atoms with Crippen LogP contribution >= 0.6 is 11.3 Å². The minimum Gasteiger partial charge on any atom is -0.491 e. The summed E-state index contributed by atoms with van der Waals surface area (Å²) in [6.45, 7) is 4.30. The molecular formula is C16H15FN2OS. The normalized spacial score (nSPS) is 10.8. The maximum Gasteiger partial charge on any atom is 0.188 e. The highest BCUT2D eigenvalue weighted by Crippen LogP contribution is 2.31. The van der Waals surface area contributed by atoms with Gasteiger partial charge in [-0.1, -0.05) is 23.5 Å². The number of benzene rings is 2. The Bertz CT molecular complexity index is 785. The Morgan fingerprint density at radius 2 is 2.14 bits per heavy atom. The third-order valence-electron chi connectivity index (χ3n) is 3.10. The molecule has 0 spiro atoms. The van der Waals surface area contributed by atoms with E-state index in [0.717, 1.165) is 20.9 Å². The number of anilines is 2. The van der Waals surface area contributed by atoms with Gasteiger partial charge in [-0.25, -0.2) is 9.37 Å². The van der Waals surface area contributed by atoms with E-state index in [1.54, 1.807) is 23.5 Å². The molecule has 0 amide bonds. The molecule has 2 aromatic carbocycles. The molecule has 21 heavy (non-hydrogen) atoms. The van der Waals surface area contributed by atoms with E-state index < -0.39 is 0 Å². The highest BCUT2D eigenvalue weighted by Gasteiger charge is 2.08. The summed E-state index contributed by atoms with van der Waals surface area (Å²) in [7, 11) is 0. The number of halogens is 1.